The van der Waals surface area contributed by atoms with Gasteiger partial charge in [-0.1, -0.05) is 60.2 Å². The molecule has 0 aliphatic heterocycles. The van der Waals surface area contributed by atoms with Crippen molar-refractivity contribution in [2.45, 2.75) is 13.3 Å². The van der Waals surface area contributed by atoms with Crippen LogP contribution in [-0.4, -0.2) is 51.6 Å². The number of hydrogen-bond donors (Lipinski definition) is 2. The number of ether oxygens (including phenoxy) is 2. The summed E-state index contributed by atoms with van der Waals surface area (Å²) >= 11 is 0. The van der Waals surface area contributed by atoms with Crippen LogP contribution in [0.15, 0.2) is 97.1 Å². The molecule has 0 aromatic heterocycles. The van der Waals surface area contributed by atoms with Crippen molar-refractivity contribution in [3.8, 4) is 16.9 Å². The van der Waals surface area contributed by atoms with Crippen molar-refractivity contribution in [1.82, 2.24) is 5.32 Å². The number of amides is 2. The second kappa shape index (κ2) is 14.6. The van der Waals surface area contributed by atoms with Crippen LogP contribution in [0.2, 0.25) is 0 Å². The normalized spacial score (nSPS) is 10.5. The molecule has 0 spiro atoms. The SMILES string of the molecule is COC(=O)CCNCCOc1ccccc1N(C)C(=O)c1ccc(NC(=O)c2ccccc2-c2ccc(C)cc2)cc1. The van der Waals surface area contributed by atoms with Gasteiger partial charge in [-0.25, -0.2) is 0 Å². The molecule has 0 unspecified atom stereocenters. The van der Waals surface area contributed by atoms with E-state index < -0.39 is 0 Å². The molecule has 216 valence electrons. The van der Waals surface area contributed by atoms with Crippen molar-refractivity contribution in [1.29, 1.82) is 0 Å². The fraction of sp³-hybridized carbons (Fsp3) is 0.206. The smallest absolute Gasteiger partial charge is 0.306 e. The zero-order chi connectivity index (χ0) is 29.9. The highest BCUT2D eigenvalue weighted by Gasteiger charge is 2.18. The van der Waals surface area contributed by atoms with Crippen LogP contribution in [0.5, 0.6) is 5.75 Å². The zero-order valence-corrected chi connectivity index (χ0v) is 24.1. The number of rotatable bonds is 12. The second-order valence-electron chi connectivity index (χ2n) is 9.70. The van der Waals surface area contributed by atoms with Gasteiger partial charge in [-0.2, -0.15) is 0 Å². The summed E-state index contributed by atoms with van der Waals surface area (Å²) < 4.78 is 10.5. The van der Waals surface area contributed by atoms with E-state index in [0.29, 0.717) is 47.9 Å². The molecule has 0 radical (unpaired) electrons. The van der Waals surface area contributed by atoms with E-state index in [-0.39, 0.29) is 24.2 Å². The Balaban J connectivity index is 1.38. The predicted octanol–water partition coefficient (Wildman–Crippen LogP) is 5.72. The molecule has 8 nitrogen and oxygen atoms in total. The molecular weight excluding hydrogens is 530 g/mol. The number of carbonyl (C=O) groups is 3. The molecular formula is C34H35N3O5. The molecule has 0 aliphatic carbocycles. The first-order valence-electron chi connectivity index (χ1n) is 13.7. The van der Waals surface area contributed by atoms with Gasteiger partial charge in [0.25, 0.3) is 11.8 Å². The van der Waals surface area contributed by atoms with Gasteiger partial charge in [0, 0.05) is 37.0 Å². The highest BCUT2D eigenvalue weighted by Crippen LogP contribution is 2.29. The van der Waals surface area contributed by atoms with Crippen LogP contribution in [0.3, 0.4) is 0 Å². The topological polar surface area (TPSA) is 97.0 Å². The quantitative estimate of drug-likeness (QED) is 0.168. The number of carbonyl (C=O) groups excluding carboxylic acids is 3. The van der Waals surface area contributed by atoms with Gasteiger partial charge in [-0.3, -0.25) is 14.4 Å². The van der Waals surface area contributed by atoms with Gasteiger partial charge in [0.2, 0.25) is 0 Å². The molecule has 4 aromatic rings. The highest BCUT2D eigenvalue weighted by atomic mass is 16.5. The molecule has 8 heteroatoms. The average molecular weight is 566 g/mol. The first-order valence-corrected chi connectivity index (χ1v) is 13.7. The van der Waals surface area contributed by atoms with Gasteiger partial charge in [0.1, 0.15) is 12.4 Å². The van der Waals surface area contributed by atoms with Gasteiger partial charge in [0.15, 0.2) is 0 Å². The third-order valence-corrected chi connectivity index (χ3v) is 6.73. The number of para-hydroxylation sites is 2. The molecule has 2 amide bonds. The minimum absolute atomic E-state index is 0.218. The number of methoxy groups -OCH3 is 1. The van der Waals surface area contributed by atoms with E-state index >= 15 is 0 Å². The lowest BCUT2D eigenvalue weighted by Gasteiger charge is -2.21. The molecule has 0 saturated carbocycles. The van der Waals surface area contributed by atoms with Crippen molar-refractivity contribution in [3.63, 3.8) is 0 Å². The Morgan fingerprint density at radius 1 is 0.810 bits per heavy atom. The number of nitrogens with one attached hydrogen (secondary N) is 2. The minimum atomic E-state index is -0.271. The van der Waals surface area contributed by atoms with Crippen LogP contribution in [0.1, 0.15) is 32.7 Å². The minimum Gasteiger partial charge on any atom is -0.490 e. The van der Waals surface area contributed by atoms with E-state index in [4.69, 9.17) is 4.74 Å². The molecule has 0 fully saturated rings. The van der Waals surface area contributed by atoms with Crippen LogP contribution in [-0.2, 0) is 9.53 Å². The lowest BCUT2D eigenvalue weighted by molar-refractivity contribution is -0.140. The number of nitrogens with zero attached hydrogens (tertiary/aromatic N) is 1. The summed E-state index contributed by atoms with van der Waals surface area (Å²) in [5.41, 5.74) is 5.21. The third-order valence-electron chi connectivity index (χ3n) is 6.73. The number of esters is 1. The summed E-state index contributed by atoms with van der Waals surface area (Å²) in [6.45, 7) is 3.41. The van der Waals surface area contributed by atoms with Crippen LogP contribution < -0.4 is 20.3 Å². The van der Waals surface area contributed by atoms with E-state index in [0.717, 1.165) is 16.7 Å². The van der Waals surface area contributed by atoms with E-state index in [1.807, 2.05) is 67.6 Å². The van der Waals surface area contributed by atoms with Crippen molar-refractivity contribution < 1.29 is 23.9 Å². The fourth-order valence-corrected chi connectivity index (χ4v) is 4.37. The van der Waals surface area contributed by atoms with Gasteiger partial charge >= 0.3 is 5.97 Å². The Kier molecular flexibility index (Phi) is 10.4. The summed E-state index contributed by atoms with van der Waals surface area (Å²) in [7, 11) is 3.05. The van der Waals surface area contributed by atoms with Crippen LogP contribution >= 0.6 is 0 Å². The van der Waals surface area contributed by atoms with Crippen LogP contribution in [0.25, 0.3) is 11.1 Å². The zero-order valence-electron chi connectivity index (χ0n) is 24.1. The maximum atomic E-state index is 13.3. The standard InChI is InChI=1S/C34H35N3O5/c1-24-12-14-25(15-13-24)28-8-4-5-9-29(28)33(39)36-27-18-16-26(17-19-27)34(40)37(2)30-10-6-7-11-31(30)42-23-22-35-21-20-32(38)41-3/h4-19,35H,20-23H2,1-3H3,(H,36,39). The molecule has 42 heavy (non-hydrogen) atoms. The number of benzene rings is 4. The predicted molar refractivity (Wildman–Crippen MR) is 165 cm³/mol. The molecule has 2 N–H and O–H groups in total. The summed E-state index contributed by atoms with van der Waals surface area (Å²) in [5, 5.41) is 6.07. The van der Waals surface area contributed by atoms with Gasteiger partial charge in [-0.15, -0.1) is 0 Å². The maximum absolute atomic E-state index is 13.3. The van der Waals surface area contributed by atoms with Crippen molar-refractivity contribution in [3.05, 3.63) is 114 Å². The fourth-order valence-electron chi connectivity index (χ4n) is 4.37. The molecule has 0 bridgehead atoms. The molecule has 4 rings (SSSR count). The van der Waals surface area contributed by atoms with Crippen LogP contribution in [0.4, 0.5) is 11.4 Å². The van der Waals surface area contributed by atoms with Crippen molar-refractivity contribution in [2.75, 3.05) is 44.1 Å². The van der Waals surface area contributed by atoms with E-state index in [1.165, 1.54) is 12.0 Å². The average Bonchev–Trinajstić information content (AvgIpc) is 3.02. The Hall–Kier alpha value is -4.95. The summed E-state index contributed by atoms with van der Waals surface area (Å²) in [5.74, 6) is -0.148. The lowest BCUT2D eigenvalue weighted by atomic mass is 9.98. The molecule has 4 aromatic carbocycles. The summed E-state index contributed by atoms with van der Waals surface area (Å²) in [6.07, 6.45) is 0.285. The Morgan fingerprint density at radius 2 is 1.50 bits per heavy atom. The number of anilines is 2. The van der Waals surface area contributed by atoms with Crippen molar-refractivity contribution in [2.24, 2.45) is 0 Å². The first kappa shape index (κ1) is 30.0. The Bertz CT molecular complexity index is 1520. The highest BCUT2D eigenvalue weighted by molar-refractivity contribution is 6.09. The first-order chi connectivity index (χ1) is 20.4. The maximum Gasteiger partial charge on any atom is 0.306 e. The lowest BCUT2D eigenvalue weighted by Crippen LogP contribution is -2.27. The van der Waals surface area contributed by atoms with E-state index in [9.17, 15) is 14.4 Å². The number of hydrogen-bond acceptors (Lipinski definition) is 6. The largest absolute Gasteiger partial charge is 0.490 e. The molecule has 0 atom stereocenters. The third kappa shape index (κ3) is 7.83. The summed E-state index contributed by atoms with van der Waals surface area (Å²) in [6, 6.07) is 29.7. The monoisotopic (exact) mass is 565 g/mol. The number of aryl methyl sites for hydroxylation is 1. The van der Waals surface area contributed by atoms with Crippen molar-refractivity contribution >= 4 is 29.2 Å². The Labute approximate surface area is 246 Å². The molecule has 0 saturated heterocycles. The molecule has 0 aliphatic rings. The Morgan fingerprint density at radius 3 is 2.24 bits per heavy atom. The van der Waals surface area contributed by atoms with E-state index in [1.54, 1.807) is 43.4 Å². The van der Waals surface area contributed by atoms with Gasteiger partial charge in [-0.05, 0) is 60.5 Å². The van der Waals surface area contributed by atoms with Crippen LogP contribution in [0, 0.1) is 6.92 Å². The molecule has 0 heterocycles. The second-order valence-corrected chi connectivity index (χ2v) is 9.70. The van der Waals surface area contributed by atoms with Gasteiger partial charge in [0.05, 0.1) is 19.2 Å². The summed E-state index contributed by atoms with van der Waals surface area (Å²) in [4.78, 5) is 39.2. The van der Waals surface area contributed by atoms with E-state index in [2.05, 4.69) is 15.4 Å². The van der Waals surface area contributed by atoms with Gasteiger partial charge < -0.3 is 25.0 Å².